The maximum Gasteiger partial charge on any atom is 0.255 e. The van der Waals surface area contributed by atoms with Crippen molar-refractivity contribution in [2.75, 3.05) is 13.1 Å². The highest BCUT2D eigenvalue weighted by Gasteiger charge is 2.16. The van der Waals surface area contributed by atoms with Crippen molar-refractivity contribution in [3.8, 4) is 6.07 Å². The summed E-state index contributed by atoms with van der Waals surface area (Å²) in [6, 6.07) is 5.33. The number of carbonyl (C=O) groups is 1. The van der Waals surface area contributed by atoms with E-state index in [4.69, 9.17) is 16.9 Å². The maximum absolute atomic E-state index is 12.1. The Kier molecular flexibility index (Phi) is 4.92. The van der Waals surface area contributed by atoms with Gasteiger partial charge in [0, 0.05) is 19.3 Å². The van der Waals surface area contributed by atoms with Gasteiger partial charge in [0.1, 0.15) is 5.15 Å². The van der Waals surface area contributed by atoms with Crippen LogP contribution in [0.15, 0.2) is 18.3 Å². The van der Waals surface area contributed by atoms with Crippen LogP contribution in [0.2, 0.25) is 5.15 Å². The zero-order chi connectivity index (χ0) is 12.8. The van der Waals surface area contributed by atoms with Gasteiger partial charge in [0.25, 0.3) is 5.91 Å². The molecule has 0 spiro atoms. The summed E-state index contributed by atoms with van der Waals surface area (Å²) in [5.74, 6) is -0.307. The van der Waals surface area contributed by atoms with Crippen molar-refractivity contribution in [2.24, 2.45) is 5.92 Å². The summed E-state index contributed by atoms with van der Waals surface area (Å²) in [7, 11) is 0. The molecule has 0 aliphatic carbocycles. The molecule has 0 N–H and O–H groups in total. The smallest absolute Gasteiger partial charge is 0.255 e. The van der Waals surface area contributed by atoms with E-state index in [1.165, 1.54) is 6.20 Å². The number of carbonyl (C=O) groups excluding carboxylic acids is 1. The van der Waals surface area contributed by atoms with Gasteiger partial charge in [-0.1, -0.05) is 11.6 Å². The molecular formula is C12H14ClN3O. The van der Waals surface area contributed by atoms with E-state index in [2.05, 4.69) is 11.1 Å². The van der Waals surface area contributed by atoms with Crippen molar-refractivity contribution in [3.05, 3.63) is 29.0 Å². The molecule has 0 aliphatic heterocycles. The highest BCUT2D eigenvalue weighted by molar-refractivity contribution is 6.29. The third-order valence-electron chi connectivity index (χ3n) is 2.36. The molecule has 0 saturated carbocycles. The Morgan fingerprint density at radius 1 is 1.65 bits per heavy atom. The number of halogens is 1. The van der Waals surface area contributed by atoms with Crippen molar-refractivity contribution in [3.63, 3.8) is 0 Å². The molecule has 1 unspecified atom stereocenters. The van der Waals surface area contributed by atoms with Crippen LogP contribution in [0.25, 0.3) is 0 Å². The van der Waals surface area contributed by atoms with Crippen molar-refractivity contribution >= 4 is 17.5 Å². The minimum absolute atomic E-state index is 0.126. The van der Waals surface area contributed by atoms with Crippen LogP contribution in [0.3, 0.4) is 0 Å². The third-order valence-corrected chi connectivity index (χ3v) is 2.58. The quantitative estimate of drug-likeness (QED) is 0.772. The molecule has 1 aromatic rings. The molecular weight excluding hydrogens is 238 g/mol. The summed E-state index contributed by atoms with van der Waals surface area (Å²) >= 11 is 5.66. The SMILES string of the molecule is CCN(CC(C)C#N)C(=O)c1ccc(Cl)nc1. The zero-order valence-electron chi connectivity index (χ0n) is 9.85. The number of nitrogens with zero attached hydrogens (tertiary/aromatic N) is 3. The summed E-state index contributed by atoms with van der Waals surface area (Å²) in [5.41, 5.74) is 0.487. The Labute approximate surface area is 106 Å². The van der Waals surface area contributed by atoms with Crippen LogP contribution in [-0.2, 0) is 0 Å². The average Bonchev–Trinajstić information content (AvgIpc) is 2.35. The normalized spacial score (nSPS) is 11.6. The average molecular weight is 252 g/mol. The summed E-state index contributed by atoms with van der Waals surface area (Å²) in [4.78, 5) is 17.6. The van der Waals surface area contributed by atoms with Gasteiger partial charge in [-0.2, -0.15) is 5.26 Å². The van der Waals surface area contributed by atoms with E-state index in [1.807, 2.05) is 6.92 Å². The lowest BCUT2D eigenvalue weighted by molar-refractivity contribution is 0.0752. The standard InChI is InChI=1S/C12H14ClN3O/c1-3-16(8-9(2)6-14)12(17)10-4-5-11(13)15-7-10/h4-5,7,9H,3,8H2,1-2H3. The number of amides is 1. The molecule has 1 aromatic heterocycles. The molecule has 4 nitrogen and oxygen atoms in total. The Balaban J connectivity index is 2.79. The largest absolute Gasteiger partial charge is 0.338 e. The molecule has 0 aliphatic rings. The molecule has 1 heterocycles. The van der Waals surface area contributed by atoms with Crippen LogP contribution < -0.4 is 0 Å². The molecule has 0 radical (unpaired) electrons. The van der Waals surface area contributed by atoms with Crippen LogP contribution >= 0.6 is 11.6 Å². The van der Waals surface area contributed by atoms with Gasteiger partial charge in [-0.05, 0) is 26.0 Å². The van der Waals surface area contributed by atoms with Crippen molar-refractivity contribution < 1.29 is 4.79 Å². The fraction of sp³-hybridized carbons (Fsp3) is 0.417. The first-order valence-corrected chi connectivity index (χ1v) is 5.76. The van der Waals surface area contributed by atoms with Crippen molar-refractivity contribution in [1.29, 1.82) is 5.26 Å². The van der Waals surface area contributed by atoms with E-state index >= 15 is 0 Å². The third kappa shape index (κ3) is 3.72. The molecule has 1 rings (SSSR count). The van der Waals surface area contributed by atoms with Crippen LogP contribution in [0.4, 0.5) is 0 Å². The minimum atomic E-state index is -0.181. The molecule has 90 valence electrons. The van der Waals surface area contributed by atoms with Gasteiger partial charge >= 0.3 is 0 Å². The van der Waals surface area contributed by atoms with Crippen LogP contribution in [0.5, 0.6) is 0 Å². The van der Waals surface area contributed by atoms with Gasteiger partial charge < -0.3 is 4.90 Å². The monoisotopic (exact) mass is 251 g/mol. The van der Waals surface area contributed by atoms with Gasteiger partial charge in [-0.25, -0.2) is 4.98 Å². The highest BCUT2D eigenvalue weighted by Crippen LogP contribution is 2.09. The first-order valence-electron chi connectivity index (χ1n) is 5.39. The summed E-state index contributed by atoms with van der Waals surface area (Å²) in [6.07, 6.45) is 1.45. The molecule has 0 fully saturated rings. The summed E-state index contributed by atoms with van der Waals surface area (Å²) in [6.45, 7) is 4.66. The van der Waals surface area contributed by atoms with Gasteiger partial charge in [0.05, 0.1) is 17.6 Å². The van der Waals surface area contributed by atoms with E-state index < -0.39 is 0 Å². The van der Waals surface area contributed by atoms with Gasteiger partial charge in [-0.3, -0.25) is 4.79 Å². The van der Waals surface area contributed by atoms with Gasteiger partial charge in [0.15, 0.2) is 0 Å². The second-order valence-corrected chi connectivity index (χ2v) is 4.13. The Hall–Kier alpha value is -1.60. The summed E-state index contributed by atoms with van der Waals surface area (Å²) < 4.78 is 0. The first kappa shape index (κ1) is 13.5. The van der Waals surface area contributed by atoms with Crippen LogP contribution in [0, 0.1) is 17.2 Å². The molecule has 0 aromatic carbocycles. The highest BCUT2D eigenvalue weighted by atomic mass is 35.5. The van der Waals surface area contributed by atoms with E-state index in [-0.39, 0.29) is 11.8 Å². The van der Waals surface area contributed by atoms with Crippen molar-refractivity contribution in [2.45, 2.75) is 13.8 Å². The fourth-order valence-corrected chi connectivity index (χ4v) is 1.52. The lowest BCUT2D eigenvalue weighted by Gasteiger charge is -2.21. The predicted octanol–water partition coefficient (Wildman–Crippen LogP) is 2.36. The van der Waals surface area contributed by atoms with E-state index in [0.29, 0.717) is 23.8 Å². The van der Waals surface area contributed by atoms with E-state index in [0.717, 1.165) is 0 Å². The Morgan fingerprint density at radius 2 is 2.35 bits per heavy atom. The van der Waals surface area contributed by atoms with Crippen LogP contribution in [-0.4, -0.2) is 28.9 Å². The van der Waals surface area contributed by atoms with E-state index in [1.54, 1.807) is 24.0 Å². The first-order chi connectivity index (χ1) is 8.08. The Morgan fingerprint density at radius 3 is 2.82 bits per heavy atom. The molecule has 1 atom stereocenters. The second kappa shape index (κ2) is 6.21. The predicted molar refractivity (Wildman–Crippen MR) is 65.6 cm³/mol. The number of nitriles is 1. The number of rotatable bonds is 4. The van der Waals surface area contributed by atoms with Gasteiger partial charge in [-0.15, -0.1) is 0 Å². The second-order valence-electron chi connectivity index (χ2n) is 3.74. The molecule has 5 heteroatoms. The topological polar surface area (TPSA) is 57.0 Å². The zero-order valence-corrected chi connectivity index (χ0v) is 10.6. The molecule has 17 heavy (non-hydrogen) atoms. The fourth-order valence-electron chi connectivity index (χ4n) is 1.41. The lowest BCUT2D eigenvalue weighted by atomic mass is 10.1. The molecule has 1 amide bonds. The van der Waals surface area contributed by atoms with E-state index in [9.17, 15) is 4.79 Å². The van der Waals surface area contributed by atoms with Crippen LogP contribution in [0.1, 0.15) is 24.2 Å². The number of aromatic nitrogens is 1. The maximum atomic E-state index is 12.1. The minimum Gasteiger partial charge on any atom is -0.338 e. The molecule has 0 saturated heterocycles. The Bertz CT molecular complexity index is 424. The number of hydrogen-bond acceptors (Lipinski definition) is 3. The van der Waals surface area contributed by atoms with Gasteiger partial charge in [0.2, 0.25) is 0 Å². The van der Waals surface area contributed by atoms with Crippen molar-refractivity contribution in [1.82, 2.24) is 9.88 Å². The number of pyridine rings is 1. The summed E-state index contributed by atoms with van der Waals surface area (Å²) in [5, 5.41) is 9.11. The molecule has 0 bridgehead atoms. The lowest BCUT2D eigenvalue weighted by Crippen LogP contribution is -2.34. The number of hydrogen-bond donors (Lipinski definition) is 0.